The Labute approximate surface area is 148 Å². The number of furan rings is 1. The molecule has 1 saturated carbocycles. The lowest BCUT2D eigenvalue weighted by molar-refractivity contribution is 0.233. The van der Waals surface area contributed by atoms with Gasteiger partial charge >= 0.3 is 6.03 Å². The summed E-state index contributed by atoms with van der Waals surface area (Å²) >= 11 is 0. The highest BCUT2D eigenvalue weighted by atomic mass is 16.3. The van der Waals surface area contributed by atoms with Crippen LogP contribution in [0.4, 0.5) is 10.6 Å². The van der Waals surface area contributed by atoms with E-state index in [0.29, 0.717) is 12.6 Å². The zero-order chi connectivity index (χ0) is 17.6. The Hall–Kier alpha value is -2.28. The smallest absolute Gasteiger partial charge is 0.320 e. The molecule has 1 fully saturated rings. The van der Waals surface area contributed by atoms with E-state index in [1.807, 2.05) is 41.9 Å². The molecular weight excluding hydrogens is 318 g/mol. The van der Waals surface area contributed by atoms with Crippen molar-refractivity contribution in [1.29, 1.82) is 0 Å². The molecule has 0 saturated heterocycles. The molecule has 0 aliphatic heterocycles. The number of urea groups is 1. The highest BCUT2D eigenvalue weighted by Gasteiger charge is 2.20. The molecule has 25 heavy (non-hydrogen) atoms. The predicted octanol–water partition coefficient (Wildman–Crippen LogP) is 3.41. The SMILES string of the molecule is CN(C)C(CNC(=O)Nc1ccnn1C1CCCCC1)c1ccco1. The molecule has 136 valence electrons. The van der Waals surface area contributed by atoms with Crippen molar-refractivity contribution in [2.75, 3.05) is 26.0 Å². The van der Waals surface area contributed by atoms with Crippen LogP contribution in [-0.4, -0.2) is 41.4 Å². The Bertz CT molecular complexity index is 659. The number of carbonyl (C=O) groups is 1. The molecule has 0 bridgehead atoms. The largest absolute Gasteiger partial charge is 0.468 e. The van der Waals surface area contributed by atoms with Gasteiger partial charge in [0.1, 0.15) is 11.6 Å². The quantitative estimate of drug-likeness (QED) is 0.841. The number of nitrogens with zero attached hydrogens (tertiary/aromatic N) is 3. The van der Waals surface area contributed by atoms with Gasteiger partial charge in [-0.2, -0.15) is 5.10 Å². The standard InChI is InChI=1S/C18H27N5O2/c1-22(2)15(16-9-6-12-25-16)13-19-18(24)21-17-10-11-20-23(17)14-7-4-3-5-8-14/h6,9-12,14-15H,3-5,7-8,13H2,1-2H3,(H2,19,21,24). The van der Waals surface area contributed by atoms with E-state index >= 15 is 0 Å². The first kappa shape index (κ1) is 17.5. The summed E-state index contributed by atoms with van der Waals surface area (Å²) in [5.74, 6) is 1.58. The van der Waals surface area contributed by atoms with E-state index in [9.17, 15) is 4.79 Å². The summed E-state index contributed by atoms with van der Waals surface area (Å²) < 4.78 is 7.42. The third-order valence-electron chi connectivity index (χ3n) is 4.78. The fourth-order valence-corrected chi connectivity index (χ4v) is 3.40. The van der Waals surface area contributed by atoms with Crippen molar-refractivity contribution in [3.8, 4) is 0 Å². The van der Waals surface area contributed by atoms with E-state index in [1.165, 1.54) is 19.3 Å². The number of hydrogen-bond acceptors (Lipinski definition) is 4. The van der Waals surface area contributed by atoms with Crippen LogP contribution in [0.1, 0.15) is 49.9 Å². The summed E-state index contributed by atoms with van der Waals surface area (Å²) in [5, 5.41) is 10.3. The Balaban J connectivity index is 1.57. The topological polar surface area (TPSA) is 75.3 Å². The second-order valence-corrected chi connectivity index (χ2v) is 6.78. The lowest BCUT2D eigenvalue weighted by Gasteiger charge is -2.24. The molecule has 1 aliphatic carbocycles. The van der Waals surface area contributed by atoms with Crippen LogP contribution in [0.2, 0.25) is 0 Å². The van der Waals surface area contributed by atoms with Gasteiger partial charge in [0.2, 0.25) is 0 Å². The van der Waals surface area contributed by atoms with Crippen molar-refractivity contribution in [1.82, 2.24) is 20.0 Å². The number of carbonyl (C=O) groups excluding carboxylic acids is 1. The number of likely N-dealkylation sites (N-methyl/N-ethyl adjacent to an activating group) is 1. The molecule has 7 heteroatoms. The van der Waals surface area contributed by atoms with Crippen molar-refractivity contribution in [3.05, 3.63) is 36.4 Å². The number of nitrogens with one attached hydrogen (secondary N) is 2. The number of hydrogen-bond donors (Lipinski definition) is 2. The van der Waals surface area contributed by atoms with Crippen molar-refractivity contribution in [2.24, 2.45) is 0 Å². The molecule has 0 spiro atoms. The van der Waals surface area contributed by atoms with Gasteiger partial charge in [0, 0.05) is 12.6 Å². The summed E-state index contributed by atoms with van der Waals surface area (Å²) in [6.45, 7) is 0.462. The van der Waals surface area contributed by atoms with Gasteiger partial charge in [0.05, 0.1) is 24.5 Å². The third-order valence-corrected chi connectivity index (χ3v) is 4.78. The van der Waals surface area contributed by atoms with Crippen LogP contribution in [0.25, 0.3) is 0 Å². The van der Waals surface area contributed by atoms with Crippen LogP contribution in [0.5, 0.6) is 0 Å². The van der Waals surface area contributed by atoms with Crippen LogP contribution < -0.4 is 10.6 Å². The van der Waals surface area contributed by atoms with E-state index in [0.717, 1.165) is 24.4 Å². The molecule has 2 aromatic heterocycles. The normalized spacial score (nSPS) is 16.8. The van der Waals surface area contributed by atoms with Crippen LogP contribution in [-0.2, 0) is 0 Å². The molecule has 0 radical (unpaired) electrons. The highest BCUT2D eigenvalue weighted by Crippen LogP contribution is 2.29. The van der Waals surface area contributed by atoms with Crippen LogP contribution in [0.15, 0.2) is 35.1 Å². The summed E-state index contributed by atoms with van der Waals surface area (Å²) in [7, 11) is 3.93. The van der Waals surface area contributed by atoms with E-state index in [1.54, 1.807) is 12.5 Å². The van der Waals surface area contributed by atoms with Gasteiger partial charge in [0.15, 0.2) is 0 Å². The number of aromatic nitrogens is 2. The molecule has 1 unspecified atom stereocenters. The zero-order valence-electron chi connectivity index (χ0n) is 14.9. The van der Waals surface area contributed by atoms with Crippen molar-refractivity contribution in [2.45, 2.75) is 44.2 Å². The average Bonchev–Trinajstić information content (AvgIpc) is 3.27. The second kappa shape index (κ2) is 8.20. The van der Waals surface area contributed by atoms with Gasteiger partial charge in [-0.1, -0.05) is 19.3 Å². The van der Waals surface area contributed by atoms with Gasteiger partial charge in [-0.05, 0) is 39.1 Å². The first-order chi connectivity index (χ1) is 12.1. The van der Waals surface area contributed by atoms with Crippen molar-refractivity contribution in [3.63, 3.8) is 0 Å². The third kappa shape index (κ3) is 4.42. The van der Waals surface area contributed by atoms with E-state index in [2.05, 4.69) is 15.7 Å². The highest BCUT2D eigenvalue weighted by molar-refractivity contribution is 5.88. The monoisotopic (exact) mass is 345 g/mol. The predicted molar refractivity (Wildman–Crippen MR) is 96.5 cm³/mol. The molecule has 2 heterocycles. The lowest BCUT2D eigenvalue weighted by atomic mass is 9.96. The maximum atomic E-state index is 12.3. The molecule has 7 nitrogen and oxygen atoms in total. The fourth-order valence-electron chi connectivity index (χ4n) is 3.40. The summed E-state index contributed by atoms with van der Waals surface area (Å²) in [4.78, 5) is 14.3. The van der Waals surface area contributed by atoms with Crippen molar-refractivity contribution >= 4 is 11.8 Å². The van der Waals surface area contributed by atoms with E-state index in [-0.39, 0.29) is 12.1 Å². The molecule has 2 amide bonds. The minimum absolute atomic E-state index is 0.0102. The zero-order valence-corrected chi connectivity index (χ0v) is 14.9. The van der Waals surface area contributed by atoms with E-state index < -0.39 is 0 Å². The summed E-state index contributed by atoms with van der Waals surface area (Å²) in [6.07, 6.45) is 9.38. The Morgan fingerprint density at radius 2 is 2.16 bits per heavy atom. The van der Waals surface area contributed by atoms with Crippen LogP contribution in [0.3, 0.4) is 0 Å². The Morgan fingerprint density at radius 1 is 1.36 bits per heavy atom. The second-order valence-electron chi connectivity index (χ2n) is 6.78. The molecular formula is C18H27N5O2. The maximum absolute atomic E-state index is 12.3. The van der Waals surface area contributed by atoms with Crippen LogP contribution >= 0.6 is 0 Å². The maximum Gasteiger partial charge on any atom is 0.320 e. The molecule has 1 aliphatic rings. The average molecular weight is 345 g/mol. The molecule has 1 atom stereocenters. The lowest BCUT2D eigenvalue weighted by Crippen LogP contribution is -2.37. The van der Waals surface area contributed by atoms with Gasteiger partial charge in [-0.15, -0.1) is 0 Å². The van der Waals surface area contributed by atoms with Gasteiger partial charge in [-0.3, -0.25) is 10.2 Å². The minimum atomic E-state index is -0.226. The first-order valence-electron chi connectivity index (χ1n) is 8.93. The van der Waals surface area contributed by atoms with E-state index in [4.69, 9.17) is 4.42 Å². The Kier molecular flexibility index (Phi) is 5.75. The van der Waals surface area contributed by atoms with Gasteiger partial charge in [0.25, 0.3) is 0 Å². The first-order valence-corrected chi connectivity index (χ1v) is 8.93. The molecule has 0 aromatic carbocycles. The minimum Gasteiger partial charge on any atom is -0.468 e. The van der Waals surface area contributed by atoms with Gasteiger partial charge in [-0.25, -0.2) is 9.48 Å². The van der Waals surface area contributed by atoms with Crippen LogP contribution in [0, 0.1) is 0 Å². The molecule has 3 rings (SSSR count). The van der Waals surface area contributed by atoms with Gasteiger partial charge < -0.3 is 9.73 Å². The number of anilines is 1. The molecule has 2 N–H and O–H groups in total. The summed E-state index contributed by atoms with van der Waals surface area (Å²) in [6, 6.07) is 5.78. The number of amides is 2. The fraction of sp³-hybridized carbons (Fsp3) is 0.556. The summed E-state index contributed by atoms with van der Waals surface area (Å²) in [5.41, 5.74) is 0. The molecule has 2 aromatic rings. The number of rotatable bonds is 6. The Morgan fingerprint density at radius 3 is 2.84 bits per heavy atom. The van der Waals surface area contributed by atoms with Crippen molar-refractivity contribution < 1.29 is 9.21 Å².